The van der Waals surface area contributed by atoms with Crippen molar-refractivity contribution < 1.29 is 0 Å². The molecule has 0 aliphatic rings. The van der Waals surface area contributed by atoms with E-state index in [0.717, 1.165) is 0 Å². The van der Waals surface area contributed by atoms with Crippen LogP contribution in [0.2, 0.25) is 0 Å². The zero-order chi connectivity index (χ0) is 11.5. The molecule has 2 heterocycles. The Hall–Kier alpha value is -2.22. The van der Waals surface area contributed by atoms with E-state index in [1.807, 2.05) is 14.1 Å². The minimum absolute atomic E-state index is 0.156. The lowest BCUT2D eigenvalue weighted by atomic mass is 10.8. The maximum Gasteiger partial charge on any atom is 0.244 e. The molecule has 0 unspecified atom stereocenters. The van der Waals surface area contributed by atoms with Gasteiger partial charge in [-0.3, -0.25) is 9.99 Å². The molecule has 3 N–H and O–H groups in total. The van der Waals surface area contributed by atoms with E-state index in [4.69, 9.17) is 5.73 Å². The standard InChI is InChI=1S/C8H12N8/c1-15(2)14-7-11-6(9)12-8(13-7)16-4-3-10-5-16/h3-5H,1-2H3,(H3,9,11,12,13,14). The Morgan fingerprint density at radius 1 is 1.31 bits per heavy atom. The number of hydrogen-bond acceptors (Lipinski definition) is 7. The van der Waals surface area contributed by atoms with E-state index in [1.54, 1.807) is 28.3 Å². The number of nitrogen functional groups attached to an aromatic ring is 1. The van der Waals surface area contributed by atoms with E-state index in [2.05, 4.69) is 25.4 Å². The van der Waals surface area contributed by atoms with Gasteiger partial charge in [0.25, 0.3) is 0 Å². The minimum atomic E-state index is 0.156. The summed E-state index contributed by atoms with van der Waals surface area (Å²) < 4.78 is 1.65. The molecule has 0 atom stereocenters. The third kappa shape index (κ3) is 2.23. The first-order valence-corrected chi connectivity index (χ1v) is 4.59. The molecule has 0 saturated carbocycles. The summed E-state index contributed by atoms with van der Waals surface area (Å²) in [6.07, 6.45) is 4.96. The van der Waals surface area contributed by atoms with Crippen molar-refractivity contribution in [2.24, 2.45) is 0 Å². The Bertz CT molecular complexity index is 463. The molecule has 0 spiro atoms. The molecule has 84 valence electrons. The van der Waals surface area contributed by atoms with Gasteiger partial charge in [0.15, 0.2) is 0 Å². The van der Waals surface area contributed by atoms with Gasteiger partial charge < -0.3 is 5.73 Å². The fourth-order valence-corrected chi connectivity index (χ4v) is 1.12. The molecule has 0 radical (unpaired) electrons. The van der Waals surface area contributed by atoms with Gasteiger partial charge in [0, 0.05) is 26.5 Å². The van der Waals surface area contributed by atoms with Gasteiger partial charge in [0.1, 0.15) is 6.33 Å². The molecule has 0 amide bonds. The topological polar surface area (TPSA) is 97.8 Å². The van der Waals surface area contributed by atoms with Crippen molar-refractivity contribution in [2.45, 2.75) is 0 Å². The second-order valence-electron chi connectivity index (χ2n) is 3.29. The van der Waals surface area contributed by atoms with Crippen molar-refractivity contribution in [3.05, 3.63) is 18.7 Å². The second-order valence-corrected chi connectivity index (χ2v) is 3.29. The smallest absolute Gasteiger partial charge is 0.244 e. The van der Waals surface area contributed by atoms with Gasteiger partial charge in [0.2, 0.25) is 17.8 Å². The molecule has 2 rings (SSSR count). The molecule has 0 fully saturated rings. The normalized spacial score (nSPS) is 10.7. The van der Waals surface area contributed by atoms with Crippen LogP contribution in [0.5, 0.6) is 0 Å². The summed E-state index contributed by atoms with van der Waals surface area (Å²) in [4.78, 5) is 16.1. The lowest BCUT2D eigenvalue weighted by Gasteiger charge is -2.12. The highest BCUT2D eigenvalue weighted by molar-refractivity contribution is 5.34. The number of hydrogen-bond donors (Lipinski definition) is 2. The van der Waals surface area contributed by atoms with Crippen molar-refractivity contribution in [3.8, 4) is 5.95 Å². The molecule has 0 bridgehead atoms. The molecule has 0 aliphatic carbocycles. The van der Waals surface area contributed by atoms with Gasteiger partial charge in [-0.25, -0.2) is 9.99 Å². The number of aromatic nitrogens is 5. The highest BCUT2D eigenvalue weighted by Crippen LogP contribution is 2.06. The number of hydrazine groups is 1. The number of rotatable bonds is 3. The number of anilines is 2. The summed E-state index contributed by atoms with van der Waals surface area (Å²) in [6, 6.07) is 0. The fraction of sp³-hybridized carbons (Fsp3) is 0.250. The van der Waals surface area contributed by atoms with E-state index < -0.39 is 0 Å². The molecule has 0 aromatic carbocycles. The first-order valence-electron chi connectivity index (χ1n) is 4.59. The largest absolute Gasteiger partial charge is 0.368 e. The zero-order valence-corrected chi connectivity index (χ0v) is 8.99. The highest BCUT2D eigenvalue weighted by Gasteiger charge is 2.05. The van der Waals surface area contributed by atoms with Crippen molar-refractivity contribution in [1.29, 1.82) is 0 Å². The summed E-state index contributed by atoms with van der Waals surface area (Å²) in [5.41, 5.74) is 8.49. The van der Waals surface area contributed by atoms with Gasteiger partial charge in [-0.2, -0.15) is 15.0 Å². The Balaban J connectivity index is 2.36. The third-order valence-corrected chi connectivity index (χ3v) is 1.70. The van der Waals surface area contributed by atoms with E-state index in [1.165, 1.54) is 0 Å². The first-order chi connectivity index (χ1) is 7.65. The summed E-state index contributed by atoms with van der Waals surface area (Å²) in [7, 11) is 3.66. The Morgan fingerprint density at radius 3 is 2.75 bits per heavy atom. The van der Waals surface area contributed by atoms with Gasteiger partial charge in [0.05, 0.1) is 0 Å². The second kappa shape index (κ2) is 4.11. The van der Waals surface area contributed by atoms with Gasteiger partial charge in [-0.15, -0.1) is 0 Å². The summed E-state index contributed by atoms with van der Waals surface area (Å²) in [6.45, 7) is 0. The van der Waals surface area contributed by atoms with Crippen molar-refractivity contribution in [1.82, 2.24) is 29.5 Å². The maximum absolute atomic E-state index is 5.59. The Kier molecular flexibility index (Phi) is 2.64. The summed E-state index contributed by atoms with van der Waals surface area (Å²) in [5.74, 6) is 0.971. The van der Waals surface area contributed by atoms with Crippen LogP contribution in [0.3, 0.4) is 0 Å². The van der Waals surface area contributed by atoms with E-state index in [9.17, 15) is 0 Å². The van der Waals surface area contributed by atoms with Crippen molar-refractivity contribution in [2.75, 3.05) is 25.3 Å². The monoisotopic (exact) mass is 220 g/mol. The number of imidazole rings is 1. The van der Waals surface area contributed by atoms with Crippen LogP contribution in [0.4, 0.5) is 11.9 Å². The number of nitrogens with one attached hydrogen (secondary N) is 1. The predicted octanol–water partition coefficient (Wildman–Crippen LogP) is -0.472. The molecule has 16 heavy (non-hydrogen) atoms. The van der Waals surface area contributed by atoms with Crippen LogP contribution in [0.25, 0.3) is 5.95 Å². The Morgan fingerprint density at radius 2 is 2.12 bits per heavy atom. The van der Waals surface area contributed by atoms with E-state index >= 15 is 0 Å². The van der Waals surface area contributed by atoms with Gasteiger partial charge >= 0.3 is 0 Å². The van der Waals surface area contributed by atoms with Crippen LogP contribution >= 0.6 is 0 Å². The highest BCUT2D eigenvalue weighted by atomic mass is 15.5. The third-order valence-electron chi connectivity index (χ3n) is 1.70. The molecule has 2 aromatic rings. The molecular formula is C8H12N8. The lowest BCUT2D eigenvalue weighted by molar-refractivity contribution is 0.488. The van der Waals surface area contributed by atoms with E-state index in [0.29, 0.717) is 11.9 Å². The minimum Gasteiger partial charge on any atom is -0.368 e. The maximum atomic E-state index is 5.59. The summed E-state index contributed by atoms with van der Waals surface area (Å²) >= 11 is 0. The average molecular weight is 220 g/mol. The quantitative estimate of drug-likeness (QED) is 0.674. The SMILES string of the molecule is CN(C)Nc1nc(N)nc(-n2ccnc2)n1. The molecule has 2 aromatic heterocycles. The molecule has 8 nitrogen and oxygen atoms in total. The predicted molar refractivity (Wildman–Crippen MR) is 58.7 cm³/mol. The van der Waals surface area contributed by atoms with Gasteiger partial charge in [-0.05, 0) is 0 Å². The van der Waals surface area contributed by atoms with Crippen molar-refractivity contribution >= 4 is 11.9 Å². The van der Waals surface area contributed by atoms with Crippen molar-refractivity contribution in [3.63, 3.8) is 0 Å². The first kappa shape index (κ1) is 10.3. The Labute approximate surface area is 92.1 Å². The molecule has 0 aliphatic heterocycles. The van der Waals surface area contributed by atoms with E-state index in [-0.39, 0.29) is 5.95 Å². The molecule has 0 saturated heterocycles. The fourth-order valence-electron chi connectivity index (χ4n) is 1.12. The van der Waals surface area contributed by atoms with Crippen LogP contribution in [-0.4, -0.2) is 43.6 Å². The van der Waals surface area contributed by atoms with Crippen LogP contribution in [0, 0.1) is 0 Å². The lowest BCUT2D eigenvalue weighted by Crippen LogP contribution is -2.22. The van der Waals surface area contributed by atoms with Crippen LogP contribution in [0.1, 0.15) is 0 Å². The molecular weight excluding hydrogens is 208 g/mol. The van der Waals surface area contributed by atoms with Crippen LogP contribution in [0.15, 0.2) is 18.7 Å². The van der Waals surface area contributed by atoms with Gasteiger partial charge in [-0.1, -0.05) is 0 Å². The zero-order valence-electron chi connectivity index (χ0n) is 8.99. The summed E-state index contributed by atoms with van der Waals surface area (Å²) in [5, 5.41) is 1.71. The van der Waals surface area contributed by atoms with Crippen LogP contribution < -0.4 is 11.2 Å². The van der Waals surface area contributed by atoms with Crippen LogP contribution in [-0.2, 0) is 0 Å². The number of nitrogens with two attached hydrogens (primary N) is 1. The molecule has 8 heteroatoms. The number of nitrogens with zero attached hydrogens (tertiary/aromatic N) is 6. The average Bonchev–Trinajstić information content (AvgIpc) is 2.67.